The Balaban J connectivity index is 1.95. The van der Waals surface area contributed by atoms with Gasteiger partial charge in [-0.25, -0.2) is 4.79 Å². The minimum atomic E-state index is -3.06. The van der Waals surface area contributed by atoms with Crippen LogP contribution in [0.5, 0.6) is 0 Å². The number of benzene rings is 2. The van der Waals surface area contributed by atoms with E-state index in [1.54, 1.807) is 4.90 Å². The molecule has 3 rings (SSSR count). The first-order valence-corrected chi connectivity index (χ1v) is 12.7. The molecule has 0 unspecified atom stereocenters. The average molecular weight is 426 g/mol. The van der Waals surface area contributed by atoms with Crippen LogP contribution in [0.1, 0.15) is 51.9 Å². The number of cyclic esters (lactones) is 1. The number of hydrogen-bond donors (Lipinski definition) is 0. The highest BCUT2D eigenvalue weighted by Crippen LogP contribution is 2.54. The lowest BCUT2D eigenvalue weighted by Gasteiger charge is -2.24. The molecule has 1 heterocycles. The van der Waals surface area contributed by atoms with Gasteiger partial charge in [0.1, 0.15) is 6.61 Å². The van der Waals surface area contributed by atoms with E-state index in [0.717, 1.165) is 28.8 Å². The first-order valence-electron chi connectivity index (χ1n) is 11.0. The Kier molecular flexibility index (Phi) is 8.33. The number of nitrogens with zero attached hydrogens (tertiary/aromatic N) is 1. The Morgan fingerprint density at radius 3 is 2.03 bits per heavy atom. The summed E-state index contributed by atoms with van der Waals surface area (Å²) >= 11 is 0. The van der Waals surface area contributed by atoms with Gasteiger partial charge in [-0.3, -0.25) is 4.90 Å². The fourth-order valence-electron chi connectivity index (χ4n) is 3.85. The van der Waals surface area contributed by atoms with Crippen LogP contribution in [0.2, 0.25) is 0 Å². The van der Waals surface area contributed by atoms with Gasteiger partial charge in [-0.05, 0) is 12.8 Å². The van der Waals surface area contributed by atoms with Crippen molar-refractivity contribution in [2.24, 2.45) is 0 Å². The number of amides is 1. The summed E-state index contributed by atoms with van der Waals surface area (Å²) in [7, 11) is -3.06. The minimum absolute atomic E-state index is 0.358. The molecule has 1 aliphatic rings. The molecule has 5 heteroatoms. The second-order valence-corrected chi connectivity index (χ2v) is 10.6. The number of rotatable bonds is 11. The highest BCUT2D eigenvalue weighted by molar-refractivity contribution is 7.82. The summed E-state index contributed by atoms with van der Waals surface area (Å²) in [5.74, 6) is 0. The van der Waals surface area contributed by atoms with E-state index in [-0.39, 0.29) is 6.09 Å². The molecule has 4 nitrogen and oxygen atoms in total. The summed E-state index contributed by atoms with van der Waals surface area (Å²) in [5, 5.41) is 2.44. The zero-order valence-corrected chi connectivity index (χ0v) is 18.7. The lowest BCUT2D eigenvalue weighted by atomic mass is 10.1. The van der Waals surface area contributed by atoms with Gasteiger partial charge in [0.2, 0.25) is 0 Å². The van der Waals surface area contributed by atoms with Gasteiger partial charge in [0.15, 0.2) is 7.14 Å². The molecular formula is C25H32NO3P. The van der Waals surface area contributed by atoms with Crippen LogP contribution in [-0.4, -0.2) is 24.1 Å². The first kappa shape index (κ1) is 22.4. The maximum absolute atomic E-state index is 14.7. The summed E-state index contributed by atoms with van der Waals surface area (Å²) in [5.41, 5.74) is 0. The van der Waals surface area contributed by atoms with Crippen LogP contribution in [0, 0.1) is 0 Å². The second-order valence-electron chi connectivity index (χ2n) is 7.73. The Morgan fingerprint density at radius 1 is 0.933 bits per heavy atom. The van der Waals surface area contributed by atoms with Crippen LogP contribution in [0.3, 0.4) is 0 Å². The third-order valence-electron chi connectivity index (χ3n) is 5.53. The number of hydrogen-bond acceptors (Lipinski definition) is 3. The van der Waals surface area contributed by atoms with Crippen LogP contribution in [0.25, 0.3) is 0 Å². The molecule has 0 spiro atoms. The highest BCUT2D eigenvalue weighted by atomic mass is 31.2. The van der Waals surface area contributed by atoms with E-state index in [9.17, 15) is 9.36 Å². The van der Waals surface area contributed by atoms with E-state index in [1.807, 2.05) is 66.9 Å². The van der Waals surface area contributed by atoms with E-state index >= 15 is 0 Å². The van der Waals surface area contributed by atoms with Crippen LogP contribution in [0.15, 0.2) is 72.2 Å². The number of allylic oxidation sites excluding steroid dienone is 1. The number of carbonyl (C=O) groups is 1. The zero-order valence-electron chi connectivity index (χ0n) is 17.8. The molecule has 1 amide bonds. The Labute approximate surface area is 180 Å². The molecule has 0 atom stereocenters. The predicted octanol–water partition coefficient (Wildman–Crippen LogP) is 6.04. The quantitative estimate of drug-likeness (QED) is 0.325. The van der Waals surface area contributed by atoms with Crippen molar-refractivity contribution in [3.63, 3.8) is 0 Å². The number of carbonyl (C=O) groups excluding carboxylic acids is 1. The van der Waals surface area contributed by atoms with Gasteiger partial charge < -0.3 is 9.30 Å². The largest absolute Gasteiger partial charge is 0.447 e. The van der Waals surface area contributed by atoms with E-state index in [1.165, 1.54) is 25.7 Å². The van der Waals surface area contributed by atoms with Gasteiger partial charge in [-0.1, -0.05) is 99.7 Å². The summed E-state index contributed by atoms with van der Waals surface area (Å²) < 4.78 is 19.8. The van der Waals surface area contributed by atoms with E-state index in [2.05, 4.69) is 6.92 Å². The molecule has 0 bridgehead atoms. The topological polar surface area (TPSA) is 46.6 Å². The molecule has 0 aromatic heterocycles. The summed E-state index contributed by atoms with van der Waals surface area (Å²) in [4.78, 5) is 13.7. The van der Waals surface area contributed by atoms with Gasteiger partial charge in [0.05, 0.1) is 6.54 Å². The van der Waals surface area contributed by atoms with Crippen molar-refractivity contribution in [2.75, 3.05) is 13.2 Å². The van der Waals surface area contributed by atoms with Crippen molar-refractivity contribution in [3.05, 3.63) is 72.2 Å². The molecule has 1 aliphatic heterocycles. The van der Waals surface area contributed by atoms with Gasteiger partial charge in [0.25, 0.3) is 0 Å². The third kappa shape index (κ3) is 5.43. The number of unbranched alkanes of at least 4 members (excludes halogenated alkanes) is 5. The zero-order chi connectivity index (χ0) is 21.2. The molecule has 1 fully saturated rings. The van der Waals surface area contributed by atoms with Gasteiger partial charge in [-0.15, -0.1) is 0 Å². The van der Waals surface area contributed by atoms with E-state index in [4.69, 9.17) is 4.74 Å². The molecule has 30 heavy (non-hydrogen) atoms. The summed E-state index contributed by atoms with van der Waals surface area (Å²) in [6.07, 6.45) is 9.13. The van der Waals surface area contributed by atoms with Gasteiger partial charge in [-0.2, -0.15) is 0 Å². The van der Waals surface area contributed by atoms with Crippen molar-refractivity contribution >= 4 is 23.8 Å². The Hall–Kier alpha value is -2.32. The first-order chi connectivity index (χ1) is 14.7. The summed E-state index contributed by atoms with van der Waals surface area (Å²) in [6.45, 7) is 3.09. The van der Waals surface area contributed by atoms with Crippen LogP contribution >= 0.6 is 7.14 Å². The number of ether oxygens (including phenoxy) is 1. The fraction of sp³-hybridized carbons (Fsp3) is 0.400. The smallest absolute Gasteiger partial charge is 0.413 e. The maximum Gasteiger partial charge on any atom is 0.413 e. The average Bonchev–Trinajstić information content (AvgIpc) is 3.20. The minimum Gasteiger partial charge on any atom is -0.447 e. The molecule has 2 aromatic carbocycles. The monoisotopic (exact) mass is 425 g/mol. The van der Waals surface area contributed by atoms with Gasteiger partial charge in [0, 0.05) is 22.1 Å². The SMILES string of the molecule is CCCCCCCC/C(=C\N1CCOC1=O)P(=O)(c1ccccc1)c1ccccc1. The second kappa shape index (κ2) is 11.2. The third-order valence-corrected chi connectivity index (χ3v) is 8.73. The van der Waals surface area contributed by atoms with Crippen molar-refractivity contribution in [2.45, 2.75) is 51.9 Å². The standard InChI is InChI=1S/C25H32NO3P/c1-2-3-4-5-6-9-18-24(21-26-19-20-29-25(26)27)30(28,22-14-10-7-11-15-22)23-16-12-8-13-17-23/h7-8,10-17,21H,2-6,9,18-20H2,1H3/b24-21+. The van der Waals surface area contributed by atoms with Crippen molar-refractivity contribution in [3.8, 4) is 0 Å². The normalized spacial score (nSPS) is 14.8. The van der Waals surface area contributed by atoms with Crippen LogP contribution in [-0.2, 0) is 9.30 Å². The predicted molar refractivity (Wildman–Crippen MR) is 124 cm³/mol. The van der Waals surface area contributed by atoms with Crippen molar-refractivity contribution in [1.29, 1.82) is 0 Å². The lowest BCUT2D eigenvalue weighted by Crippen LogP contribution is -2.22. The van der Waals surface area contributed by atoms with Crippen LogP contribution < -0.4 is 10.6 Å². The van der Waals surface area contributed by atoms with Crippen LogP contribution in [0.4, 0.5) is 4.79 Å². The van der Waals surface area contributed by atoms with Crippen molar-refractivity contribution < 1.29 is 14.1 Å². The molecule has 0 N–H and O–H groups in total. The molecule has 160 valence electrons. The fourth-order valence-corrected chi connectivity index (χ4v) is 6.77. The van der Waals surface area contributed by atoms with Crippen molar-refractivity contribution in [1.82, 2.24) is 4.90 Å². The lowest BCUT2D eigenvalue weighted by molar-refractivity contribution is 0.166. The molecular weight excluding hydrogens is 393 g/mol. The Morgan fingerprint density at radius 2 is 1.50 bits per heavy atom. The van der Waals surface area contributed by atoms with E-state index in [0.29, 0.717) is 19.6 Å². The summed E-state index contributed by atoms with van der Waals surface area (Å²) in [6, 6.07) is 19.3. The maximum atomic E-state index is 14.7. The molecule has 0 radical (unpaired) electrons. The molecule has 1 saturated heterocycles. The van der Waals surface area contributed by atoms with Gasteiger partial charge >= 0.3 is 6.09 Å². The Bertz CT molecular complexity index is 836. The van der Waals surface area contributed by atoms with E-state index < -0.39 is 7.14 Å². The molecule has 0 saturated carbocycles. The molecule has 0 aliphatic carbocycles. The highest BCUT2D eigenvalue weighted by Gasteiger charge is 2.33. The molecule has 2 aromatic rings.